The van der Waals surface area contributed by atoms with Gasteiger partial charge < -0.3 is 5.11 Å². The molecule has 0 saturated carbocycles. The van der Waals surface area contributed by atoms with Gasteiger partial charge in [-0.05, 0) is 12.8 Å². The quantitative estimate of drug-likeness (QED) is 0.486. The van der Waals surface area contributed by atoms with Crippen molar-refractivity contribution in [2.45, 2.75) is 45.3 Å². The van der Waals surface area contributed by atoms with Crippen molar-refractivity contribution in [3.05, 3.63) is 10.1 Å². The molecule has 0 fully saturated rings. The van der Waals surface area contributed by atoms with Crippen molar-refractivity contribution in [3.63, 3.8) is 0 Å². The molecule has 0 aromatic heterocycles. The Balaban J connectivity index is 3.97. The Morgan fingerprint density at radius 2 is 2.09 bits per heavy atom. The molecule has 4 heteroatoms. The van der Waals surface area contributed by atoms with Gasteiger partial charge in [0.25, 0.3) is 0 Å². The van der Waals surface area contributed by atoms with Crippen LogP contribution >= 0.6 is 0 Å². The van der Waals surface area contributed by atoms with Crippen molar-refractivity contribution < 1.29 is 10.0 Å². The Kier molecular flexibility index (Phi) is 4.77. The predicted octanol–water partition coefficient (Wildman–Crippen LogP) is 1.20. The van der Waals surface area contributed by atoms with Gasteiger partial charge in [-0.1, -0.05) is 13.8 Å². The van der Waals surface area contributed by atoms with Crippen LogP contribution in [0.25, 0.3) is 0 Å². The zero-order chi connectivity index (χ0) is 8.85. The van der Waals surface area contributed by atoms with Crippen molar-refractivity contribution in [3.8, 4) is 0 Å². The second-order valence-corrected chi connectivity index (χ2v) is 2.62. The lowest BCUT2D eigenvalue weighted by molar-refractivity contribution is -0.535. The monoisotopic (exact) mass is 161 g/mol. The topological polar surface area (TPSA) is 63.4 Å². The molecule has 0 aliphatic carbocycles. The molecule has 0 rings (SSSR count). The van der Waals surface area contributed by atoms with Crippen LogP contribution in [0.1, 0.15) is 33.1 Å². The third-order valence-electron chi connectivity index (χ3n) is 1.72. The van der Waals surface area contributed by atoms with E-state index in [0.717, 1.165) is 6.42 Å². The van der Waals surface area contributed by atoms with Gasteiger partial charge in [-0.2, -0.15) is 0 Å². The maximum absolute atomic E-state index is 10.3. The number of rotatable bonds is 5. The molecule has 0 saturated heterocycles. The number of hydrogen-bond acceptors (Lipinski definition) is 3. The zero-order valence-electron chi connectivity index (χ0n) is 6.99. The summed E-state index contributed by atoms with van der Waals surface area (Å²) in [6, 6.07) is -0.773. The Labute approximate surface area is 66.4 Å². The highest BCUT2D eigenvalue weighted by molar-refractivity contribution is 4.65. The van der Waals surface area contributed by atoms with Crippen LogP contribution in [0.4, 0.5) is 0 Å². The molecule has 11 heavy (non-hydrogen) atoms. The Hall–Kier alpha value is -0.640. The van der Waals surface area contributed by atoms with Gasteiger partial charge in [-0.3, -0.25) is 10.1 Å². The highest BCUT2D eigenvalue weighted by Gasteiger charge is 2.26. The lowest BCUT2D eigenvalue weighted by atomic mass is 10.1. The number of nitrogens with zero attached hydrogens (tertiary/aromatic N) is 1. The Morgan fingerprint density at radius 3 is 2.36 bits per heavy atom. The number of nitro groups is 1. The van der Waals surface area contributed by atoms with Crippen LogP contribution in [0.15, 0.2) is 0 Å². The van der Waals surface area contributed by atoms with E-state index in [4.69, 9.17) is 0 Å². The van der Waals surface area contributed by atoms with Crippen LogP contribution in [0, 0.1) is 10.1 Å². The molecule has 2 unspecified atom stereocenters. The van der Waals surface area contributed by atoms with Crippen LogP contribution in [-0.4, -0.2) is 22.2 Å². The first kappa shape index (κ1) is 10.4. The highest BCUT2D eigenvalue weighted by atomic mass is 16.6. The summed E-state index contributed by atoms with van der Waals surface area (Å²) < 4.78 is 0. The van der Waals surface area contributed by atoms with Crippen LogP contribution in [-0.2, 0) is 0 Å². The summed E-state index contributed by atoms with van der Waals surface area (Å²) in [5, 5.41) is 19.5. The maximum atomic E-state index is 10.3. The summed E-state index contributed by atoms with van der Waals surface area (Å²) >= 11 is 0. The first-order valence-electron chi connectivity index (χ1n) is 3.95. The Morgan fingerprint density at radius 1 is 1.55 bits per heavy atom. The molecule has 0 aromatic rings. The van der Waals surface area contributed by atoms with Gasteiger partial charge >= 0.3 is 0 Å². The summed E-state index contributed by atoms with van der Waals surface area (Å²) in [5.74, 6) is 0. The smallest absolute Gasteiger partial charge is 0.238 e. The fraction of sp³-hybridized carbons (Fsp3) is 1.00. The molecule has 2 atom stereocenters. The molecule has 0 aliphatic heterocycles. The van der Waals surface area contributed by atoms with E-state index in [2.05, 4.69) is 0 Å². The molecule has 0 radical (unpaired) electrons. The van der Waals surface area contributed by atoms with Crippen LogP contribution in [0.3, 0.4) is 0 Å². The molecular formula is C7H15NO3. The van der Waals surface area contributed by atoms with Crippen LogP contribution in [0.2, 0.25) is 0 Å². The van der Waals surface area contributed by atoms with Gasteiger partial charge in [0, 0.05) is 11.3 Å². The van der Waals surface area contributed by atoms with E-state index < -0.39 is 17.1 Å². The molecule has 66 valence electrons. The number of hydrogen-bond donors (Lipinski definition) is 1. The average molecular weight is 161 g/mol. The van der Waals surface area contributed by atoms with E-state index in [9.17, 15) is 15.2 Å². The summed E-state index contributed by atoms with van der Waals surface area (Å²) in [7, 11) is 0. The molecule has 0 amide bonds. The van der Waals surface area contributed by atoms with Crippen molar-refractivity contribution in [2.75, 3.05) is 0 Å². The normalized spacial score (nSPS) is 15.9. The summed E-state index contributed by atoms with van der Waals surface area (Å²) in [6.07, 6.45) is 0.862. The van der Waals surface area contributed by atoms with Gasteiger partial charge in [0.05, 0.1) is 0 Å². The second-order valence-electron chi connectivity index (χ2n) is 2.62. The minimum atomic E-state index is -0.787. The fourth-order valence-corrected chi connectivity index (χ4v) is 1.01. The first-order chi connectivity index (χ1) is 5.13. The molecule has 0 aliphatic rings. The molecular weight excluding hydrogens is 146 g/mol. The minimum absolute atomic E-state index is 0.391. The maximum Gasteiger partial charge on any atom is 0.238 e. The van der Waals surface area contributed by atoms with Gasteiger partial charge in [-0.25, -0.2) is 0 Å². The standard InChI is InChI=1S/C7H15NO3/c1-3-5-6(8(10)11)7(9)4-2/h6-7,9H,3-5H2,1-2H3. The first-order valence-corrected chi connectivity index (χ1v) is 3.95. The van der Waals surface area contributed by atoms with Crippen LogP contribution < -0.4 is 0 Å². The number of aliphatic hydroxyl groups excluding tert-OH is 1. The summed E-state index contributed by atoms with van der Waals surface area (Å²) in [4.78, 5) is 9.94. The van der Waals surface area contributed by atoms with Crippen molar-refractivity contribution in [1.29, 1.82) is 0 Å². The Bertz CT molecular complexity index is 127. The zero-order valence-corrected chi connectivity index (χ0v) is 6.99. The van der Waals surface area contributed by atoms with Gasteiger partial charge in [0.1, 0.15) is 6.10 Å². The molecule has 0 bridgehead atoms. The van der Waals surface area contributed by atoms with E-state index in [-0.39, 0.29) is 0 Å². The van der Waals surface area contributed by atoms with E-state index in [0.29, 0.717) is 12.8 Å². The molecule has 1 N–H and O–H groups in total. The van der Waals surface area contributed by atoms with Gasteiger partial charge in [0.15, 0.2) is 0 Å². The highest BCUT2D eigenvalue weighted by Crippen LogP contribution is 2.08. The molecule has 4 nitrogen and oxygen atoms in total. The summed E-state index contributed by atoms with van der Waals surface area (Å²) in [6.45, 7) is 3.62. The number of aliphatic hydroxyl groups is 1. The average Bonchev–Trinajstić information content (AvgIpc) is 1.98. The van der Waals surface area contributed by atoms with Crippen LogP contribution in [0.5, 0.6) is 0 Å². The molecule has 0 heterocycles. The van der Waals surface area contributed by atoms with E-state index in [1.54, 1.807) is 6.92 Å². The predicted molar refractivity (Wildman–Crippen MR) is 42.0 cm³/mol. The van der Waals surface area contributed by atoms with E-state index in [1.807, 2.05) is 6.92 Å². The largest absolute Gasteiger partial charge is 0.386 e. The van der Waals surface area contributed by atoms with Crippen molar-refractivity contribution >= 4 is 0 Å². The van der Waals surface area contributed by atoms with E-state index >= 15 is 0 Å². The van der Waals surface area contributed by atoms with Gasteiger partial charge in [-0.15, -0.1) is 0 Å². The minimum Gasteiger partial charge on any atom is -0.386 e. The SMILES string of the molecule is CCCC(C(O)CC)[N+](=O)[O-]. The molecule has 0 aromatic carbocycles. The summed E-state index contributed by atoms with van der Waals surface area (Å²) in [5.41, 5.74) is 0. The lowest BCUT2D eigenvalue weighted by Gasteiger charge is -2.12. The van der Waals surface area contributed by atoms with Crippen molar-refractivity contribution in [2.24, 2.45) is 0 Å². The van der Waals surface area contributed by atoms with Gasteiger partial charge in [0.2, 0.25) is 6.04 Å². The lowest BCUT2D eigenvalue weighted by Crippen LogP contribution is -2.32. The van der Waals surface area contributed by atoms with E-state index in [1.165, 1.54) is 0 Å². The van der Waals surface area contributed by atoms with Crippen molar-refractivity contribution in [1.82, 2.24) is 0 Å². The fourth-order valence-electron chi connectivity index (χ4n) is 1.01. The third kappa shape index (κ3) is 3.32. The molecule has 0 spiro atoms. The third-order valence-corrected chi connectivity index (χ3v) is 1.72. The second kappa shape index (κ2) is 5.07.